The quantitative estimate of drug-likeness (QED) is 0.817. The summed E-state index contributed by atoms with van der Waals surface area (Å²) in [6.07, 6.45) is -4.50. The largest absolute Gasteiger partial charge is 0.459 e. The van der Waals surface area contributed by atoms with Crippen molar-refractivity contribution in [2.45, 2.75) is 38.6 Å². The minimum Gasteiger partial charge on any atom is -0.459 e. The lowest BCUT2D eigenvalue weighted by Crippen LogP contribution is -2.39. The average Bonchev–Trinajstić information content (AvgIpc) is 2.27. The molecule has 0 heterocycles. The molecule has 0 saturated carbocycles. The zero-order valence-electron chi connectivity index (χ0n) is 11.9. The van der Waals surface area contributed by atoms with Gasteiger partial charge in [-0.2, -0.15) is 13.2 Å². The molecule has 0 bridgehead atoms. The van der Waals surface area contributed by atoms with E-state index in [1.165, 1.54) is 24.3 Å². The Hall–Kier alpha value is -1.08. The summed E-state index contributed by atoms with van der Waals surface area (Å²) in [6, 6.07) is 3.82. The molecule has 1 unspecified atom stereocenters. The molecule has 3 nitrogen and oxygen atoms in total. The molecule has 0 aromatic heterocycles. The van der Waals surface area contributed by atoms with E-state index in [0.717, 1.165) is 0 Å². The van der Waals surface area contributed by atoms with Crippen molar-refractivity contribution in [3.05, 3.63) is 34.3 Å². The Morgan fingerprint density at radius 3 is 2.19 bits per heavy atom. The molecule has 0 fully saturated rings. The van der Waals surface area contributed by atoms with Crippen molar-refractivity contribution in [3.63, 3.8) is 0 Å². The Labute approximate surface area is 130 Å². The third-order valence-electron chi connectivity index (χ3n) is 2.40. The van der Waals surface area contributed by atoms with Gasteiger partial charge in [0.25, 0.3) is 0 Å². The SMILES string of the molecule is CC(C)(C)OC(=O)CNC(c1ccc(Br)cc1)C(F)(F)F. The van der Waals surface area contributed by atoms with Crippen molar-refractivity contribution < 1.29 is 22.7 Å². The summed E-state index contributed by atoms with van der Waals surface area (Å²) in [7, 11) is 0. The molecule has 118 valence electrons. The van der Waals surface area contributed by atoms with Crippen LogP contribution in [0.5, 0.6) is 0 Å². The molecule has 7 heteroatoms. The summed E-state index contributed by atoms with van der Waals surface area (Å²) in [6.45, 7) is 4.44. The van der Waals surface area contributed by atoms with Crippen LogP contribution in [0.4, 0.5) is 13.2 Å². The molecule has 0 radical (unpaired) electrons. The van der Waals surface area contributed by atoms with Gasteiger partial charge in [0.1, 0.15) is 11.6 Å². The Bertz CT molecular complexity index is 480. The van der Waals surface area contributed by atoms with Gasteiger partial charge in [-0.05, 0) is 38.5 Å². The van der Waals surface area contributed by atoms with Crippen LogP contribution in [0.3, 0.4) is 0 Å². The van der Waals surface area contributed by atoms with E-state index in [1.54, 1.807) is 20.8 Å². The fourth-order valence-corrected chi connectivity index (χ4v) is 1.91. The van der Waals surface area contributed by atoms with Gasteiger partial charge in [-0.25, -0.2) is 0 Å². The lowest BCUT2D eigenvalue weighted by molar-refractivity contribution is -0.164. The Morgan fingerprint density at radius 1 is 1.24 bits per heavy atom. The van der Waals surface area contributed by atoms with Crippen LogP contribution >= 0.6 is 15.9 Å². The number of esters is 1. The molecule has 1 N–H and O–H groups in total. The van der Waals surface area contributed by atoms with Gasteiger partial charge in [0, 0.05) is 4.47 Å². The zero-order valence-corrected chi connectivity index (χ0v) is 13.5. The van der Waals surface area contributed by atoms with Crippen LogP contribution in [-0.4, -0.2) is 24.3 Å². The minimum absolute atomic E-state index is 0.0364. The highest BCUT2D eigenvalue weighted by molar-refractivity contribution is 9.10. The summed E-state index contributed by atoms with van der Waals surface area (Å²) in [5.41, 5.74) is -0.696. The lowest BCUT2D eigenvalue weighted by atomic mass is 10.1. The second-order valence-electron chi connectivity index (χ2n) is 5.49. The van der Waals surface area contributed by atoms with Gasteiger partial charge in [0.2, 0.25) is 0 Å². The smallest absolute Gasteiger partial charge is 0.407 e. The topological polar surface area (TPSA) is 38.3 Å². The molecule has 1 aromatic carbocycles. The third kappa shape index (κ3) is 6.48. The number of benzene rings is 1. The summed E-state index contributed by atoms with van der Waals surface area (Å²) in [4.78, 5) is 11.5. The highest BCUT2D eigenvalue weighted by atomic mass is 79.9. The number of alkyl halides is 3. The fourth-order valence-electron chi connectivity index (χ4n) is 1.64. The Morgan fingerprint density at radius 2 is 1.76 bits per heavy atom. The van der Waals surface area contributed by atoms with Gasteiger partial charge in [-0.15, -0.1) is 0 Å². The molecule has 0 aliphatic carbocycles. The highest BCUT2D eigenvalue weighted by Crippen LogP contribution is 2.33. The first-order valence-electron chi connectivity index (χ1n) is 6.26. The van der Waals surface area contributed by atoms with Crippen LogP contribution in [0.1, 0.15) is 32.4 Å². The molecule has 0 aliphatic heterocycles. The second kappa shape index (κ2) is 6.79. The molecule has 0 spiro atoms. The van der Waals surface area contributed by atoms with E-state index in [1.807, 2.05) is 0 Å². The van der Waals surface area contributed by atoms with Crippen molar-refractivity contribution in [1.29, 1.82) is 0 Å². The maximum absolute atomic E-state index is 13.1. The van der Waals surface area contributed by atoms with E-state index in [4.69, 9.17) is 4.74 Å². The van der Waals surface area contributed by atoms with E-state index >= 15 is 0 Å². The molecule has 21 heavy (non-hydrogen) atoms. The predicted octanol–water partition coefficient (Wildman–Crippen LogP) is 3.98. The molecular formula is C14H17BrF3NO2. The maximum atomic E-state index is 13.1. The predicted molar refractivity (Wildman–Crippen MR) is 76.8 cm³/mol. The van der Waals surface area contributed by atoms with Crippen molar-refractivity contribution in [2.75, 3.05) is 6.54 Å². The van der Waals surface area contributed by atoms with Crippen molar-refractivity contribution in [3.8, 4) is 0 Å². The number of hydrogen-bond donors (Lipinski definition) is 1. The standard InChI is InChI=1S/C14H17BrF3NO2/c1-13(2,3)21-11(20)8-19-12(14(16,17)18)9-4-6-10(15)7-5-9/h4-7,12,19H,8H2,1-3H3. The monoisotopic (exact) mass is 367 g/mol. The summed E-state index contributed by atoms with van der Waals surface area (Å²) >= 11 is 3.16. The highest BCUT2D eigenvalue weighted by Gasteiger charge is 2.40. The summed E-state index contributed by atoms with van der Waals surface area (Å²) in [5, 5.41) is 2.20. The summed E-state index contributed by atoms with van der Waals surface area (Å²) < 4.78 is 44.9. The number of carbonyl (C=O) groups is 1. The Balaban J connectivity index is 2.77. The normalized spacial score (nSPS) is 13.9. The molecule has 1 rings (SSSR count). The first-order chi connectivity index (χ1) is 9.49. The van der Waals surface area contributed by atoms with Crippen LogP contribution in [0.25, 0.3) is 0 Å². The van der Waals surface area contributed by atoms with Gasteiger partial charge < -0.3 is 4.74 Å². The minimum atomic E-state index is -4.50. The molecule has 0 aliphatic rings. The molecule has 0 saturated heterocycles. The molecule has 1 atom stereocenters. The third-order valence-corrected chi connectivity index (χ3v) is 2.93. The molecule has 0 amide bonds. The Kier molecular flexibility index (Phi) is 5.81. The van der Waals surface area contributed by atoms with E-state index in [9.17, 15) is 18.0 Å². The number of hydrogen-bond acceptors (Lipinski definition) is 3. The van der Waals surface area contributed by atoms with E-state index in [-0.39, 0.29) is 5.56 Å². The number of rotatable bonds is 4. The van der Waals surface area contributed by atoms with E-state index in [2.05, 4.69) is 21.2 Å². The maximum Gasteiger partial charge on any atom is 0.407 e. The van der Waals surface area contributed by atoms with Crippen molar-refractivity contribution in [2.24, 2.45) is 0 Å². The second-order valence-corrected chi connectivity index (χ2v) is 6.41. The van der Waals surface area contributed by atoms with Crippen molar-refractivity contribution >= 4 is 21.9 Å². The van der Waals surface area contributed by atoms with Gasteiger partial charge in [-0.1, -0.05) is 28.1 Å². The van der Waals surface area contributed by atoms with Crippen LogP contribution in [-0.2, 0) is 9.53 Å². The van der Waals surface area contributed by atoms with Crippen LogP contribution in [0.15, 0.2) is 28.7 Å². The van der Waals surface area contributed by atoms with E-state index < -0.39 is 30.3 Å². The summed E-state index contributed by atoms with van der Waals surface area (Å²) in [5.74, 6) is -0.728. The lowest BCUT2D eigenvalue weighted by Gasteiger charge is -2.24. The first kappa shape index (κ1) is 18.0. The number of ether oxygens (including phenoxy) is 1. The number of nitrogens with one attached hydrogen (secondary N) is 1. The van der Waals surface area contributed by atoms with Crippen LogP contribution in [0.2, 0.25) is 0 Å². The van der Waals surface area contributed by atoms with Gasteiger partial charge in [0.05, 0.1) is 6.54 Å². The van der Waals surface area contributed by atoms with Crippen molar-refractivity contribution in [1.82, 2.24) is 5.32 Å². The first-order valence-corrected chi connectivity index (χ1v) is 7.06. The van der Waals surface area contributed by atoms with Gasteiger partial charge >= 0.3 is 12.1 Å². The molecular weight excluding hydrogens is 351 g/mol. The zero-order chi connectivity index (χ0) is 16.3. The van der Waals surface area contributed by atoms with Crippen LogP contribution in [0, 0.1) is 0 Å². The number of carbonyl (C=O) groups excluding carboxylic acids is 1. The van der Waals surface area contributed by atoms with Gasteiger partial charge in [0.15, 0.2) is 0 Å². The fraction of sp³-hybridized carbons (Fsp3) is 0.500. The number of halogens is 4. The average molecular weight is 368 g/mol. The van der Waals surface area contributed by atoms with Crippen LogP contribution < -0.4 is 5.32 Å². The van der Waals surface area contributed by atoms with Gasteiger partial charge in [-0.3, -0.25) is 10.1 Å². The molecule has 1 aromatic rings. The van der Waals surface area contributed by atoms with E-state index in [0.29, 0.717) is 4.47 Å².